The van der Waals surface area contributed by atoms with Crippen molar-refractivity contribution < 1.29 is 13.2 Å². The molecule has 26 heavy (non-hydrogen) atoms. The Labute approximate surface area is 154 Å². The quantitative estimate of drug-likeness (QED) is 0.897. The molecule has 0 bridgehead atoms. The first-order valence-electron chi connectivity index (χ1n) is 9.02. The van der Waals surface area contributed by atoms with Gasteiger partial charge in [-0.1, -0.05) is 24.3 Å². The lowest BCUT2D eigenvalue weighted by Crippen LogP contribution is -2.37. The summed E-state index contributed by atoms with van der Waals surface area (Å²) >= 11 is 0. The molecule has 2 N–H and O–H groups in total. The Morgan fingerprint density at radius 3 is 2.62 bits per heavy atom. The van der Waals surface area contributed by atoms with Crippen LogP contribution < -0.4 is 10.5 Å². The van der Waals surface area contributed by atoms with Gasteiger partial charge in [-0.15, -0.1) is 0 Å². The molecule has 0 saturated heterocycles. The van der Waals surface area contributed by atoms with Crippen LogP contribution in [0, 0.1) is 0 Å². The van der Waals surface area contributed by atoms with Gasteiger partial charge in [0.15, 0.2) is 0 Å². The third-order valence-electron chi connectivity index (χ3n) is 5.51. The van der Waals surface area contributed by atoms with Crippen molar-refractivity contribution in [3.63, 3.8) is 0 Å². The molecule has 2 aromatic rings. The van der Waals surface area contributed by atoms with Gasteiger partial charge in [0, 0.05) is 24.7 Å². The van der Waals surface area contributed by atoms with E-state index in [4.69, 9.17) is 10.5 Å². The number of rotatable bonds is 3. The highest BCUT2D eigenvalue weighted by Crippen LogP contribution is 2.36. The molecule has 1 heterocycles. The molecule has 4 rings (SSSR count). The second kappa shape index (κ2) is 6.68. The van der Waals surface area contributed by atoms with E-state index >= 15 is 0 Å². The van der Waals surface area contributed by atoms with E-state index < -0.39 is 10.0 Å². The summed E-state index contributed by atoms with van der Waals surface area (Å²) in [5.74, 6) is 0.734. The Hall–Kier alpha value is -1.89. The minimum absolute atomic E-state index is 0.0521. The molecule has 1 aliphatic carbocycles. The topological polar surface area (TPSA) is 72.6 Å². The smallest absolute Gasteiger partial charge is 0.243 e. The van der Waals surface area contributed by atoms with Crippen LogP contribution in [0.2, 0.25) is 0 Å². The molecular weight excluding hydrogens is 348 g/mol. The van der Waals surface area contributed by atoms with Crippen molar-refractivity contribution >= 4 is 10.0 Å². The van der Waals surface area contributed by atoms with Crippen LogP contribution in [0.5, 0.6) is 5.75 Å². The van der Waals surface area contributed by atoms with Crippen LogP contribution in [-0.4, -0.2) is 32.4 Å². The Balaban J connectivity index is 1.74. The number of benzene rings is 2. The minimum Gasteiger partial charge on any atom is -0.496 e. The van der Waals surface area contributed by atoms with E-state index in [1.54, 1.807) is 23.5 Å². The molecular formula is C20H24N2O3S. The summed E-state index contributed by atoms with van der Waals surface area (Å²) in [7, 11) is -1.94. The summed E-state index contributed by atoms with van der Waals surface area (Å²) in [5.41, 5.74) is 10.3. The Bertz CT molecular complexity index is 940. The van der Waals surface area contributed by atoms with Crippen LogP contribution >= 0.6 is 0 Å². The number of methoxy groups -OCH3 is 1. The first-order chi connectivity index (χ1) is 12.5. The third-order valence-corrected chi connectivity index (χ3v) is 7.44. The lowest BCUT2D eigenvalue weighted by atomic mass is 9.88. The molecule has 1 atom stereocenters. The van der Waals surface area contributed by atoms with Crippen LogP contribution in [0.1, 0.15) is 28.7 Å². The second-order valence-electron chi connectivity index (χ2n) is 7.08. The molecule has 1 aliphatic heterocycles. The van der Waals surface area contributed by atoms with Crippen LogP contribution in [-0.2, 0) is 35.8 Å². The van der Waals surface area contributed by atoms with Crippen molar-refractivity contribution in [2.24, 2.45) is 5.73 Å². The minimum atomic E-state index is -3.55. The average Bonchev–Trinajstić information content (AvgIpc) is 2.66. The summed E-state index contributed by atoms with van der Waals surface area (Å²) in [5, 5.41) is 0. The number of sulfonamides is 1. The van der Waals surface area contributed by atoms with Crippen LogP contribution in [0.15, 0.2) is 41.3 Å². The first kappa shape index (κ1) is 17.5. The Morgan fingerprint density at radius 2 is 1.85 bits per heavy atom. The summed E-state index contributed by atoms with van der Waals surface area (Å²) in [6, 6.07) is 11.6. The zero-order chi connectivity index (χ0) is 18.3. The van der Waals surface area contributed by atoms with E-state index in [0.29, 0.717) is 30.8 Å². The monoisotopic (exact) mass is 372 g/mol. The van der Waals surface area contributed by atoms with Crippen LogP contribution in [0.3, 0.4) is 0 Å². The van der Waals surface area contributed by atoms with E-state index in [1.165, 1.54) is 5.56 Å². The SMILES string of the molecule is COc1ccc(S(=O)(=O)N2CCc3ccccc3C2)c2c1CC(N)CC2. The predicted octanol–water partition coefficient (Wildman–Crippen LogP) is 2.26. The van der Waals surface area contributed by atoms with Crippen LogP contribution in [0.4, 0.5) is 0 Å². The third kappa shape index (κ3) is 2.92. The number of fused-ring (bicyclic) bond motifs is 2. The number of hydrogen-bond donors (Lipinski definition) is 1. The maximum Gasteiger partial charge on any atom is 0.243 e. The molecule has 2 aromatic carbocycles. The summed E-state index contributed by atoms with van der Waals surface area (Å²) < 4.78 is 33.9. The van der Waals surface area contributed by atoms with Crippen molar-refractivity contribution in [1.29, 1.82) is 0 Å². The highest BCUT2D eigenvalue weighted by atomic mass is 32.2. The fraction of sp³-hybridized carbons (Fsp3) is 0.400. The molecule has 0 fully saturated rings. The highest BCUT2D eigenvalue weighted by molar-refractivity contribution is 7.89. The van der Waals surface area contributed by atoms with Crippen LogP contribution in [0.25, 0.3) is 0 Å². The first-order valence-corrected chi connectivity index (χ1v) is 10.5. The van der Waals surface area contributed by atoms with Gasteiger partial charge in [-0.25, -0.2) is 8.42 Å². The van der Waals surface area contributed by atoms with Gasteiger partial charge in [0.2, 0.25) is 10.0 Å². The lowest BCUT2D eigenvalue weighted by molar-refractivity contribution is 0.388. The van der Waals surface area contributed by atoms with Gasteiger partial charge < -0.3 is 10.5 Å². The van der Waals surface area contributed by atoms with Crippen molar-refractivity contribution in [2.75, 3.05) is 13.7 Å². The molecule has 0 spiro atoms. The van der Waals surface area contributed by atoms with E-state index in [0.717, 1.165) is 35.3 Å². The highest BCUT2D eigenvalue weighted by Gasteiger charge is 2.33. The number of hydrogen-bond acceptors (Lipinski definition) is 4. The average molecular weight is 372 g/mol. The summed E-state index contributed by atoms with van der Waals surface area (Å²) in [4.78, 5) is 0.416. The zero-order valence-electron chi connectivity index (χ0n) is 14.9. The fourth-order valence-corrected chi connectivity index (χ4v) is 5.78. The predicted molar refractivity (Wildman–Crippen MR) is 101 cm³/mol. The molecule has 1 unspecified atom stereocenters. The van der Waals surface area contributed by atoms with Gasteiger partial charge in [-0.3, -0.25) is 0 Å². The Morgan fingerprint density at radius 1 is 1.08 bits per heavy atom. The number of nitrogens with two attached hydrogens (primary N) is 1. The van der Waals surface area contributed by atoms with E-state index in [1.807, 2.05) is 18.2 Å². The van der Waals surface area contributed by atoms with Crippen molar-refractivity contribution in [2.45, 2.75) is 43.2 Å². The van der Waals surface area contributed by atoms with Gasteiger partial charge in [0.1, 0.15) is 5.75 Å². The maximum absolute atomic E-state index is 13.4. The molecule has 0 aromatic heterocycles. The molecule has 0 saturated carbocycles. The molecule has 0 radical (unpaired) electrons. The van der Waals surface area contributed by atoms with Crippen molar-refractivity contribution in [3.8, 4) is 5.75 Å². The van der Waals surface area contributed by atoms with E-state index in [9.17, 15) is 8.42 Å². The molecule has 6 heteroatoms. The number of nitrogens with zero attached hydrogens (tertiary/aromatic N) is 1. The molecule has 5 nitrogen and oxygen atoms in total. The fourth-order valence-electron chi connectivity index (χ4n) is 4.09. The van der Waals surface area contributed by atoms with Crippen molar-refractivity contribution in [1.82, 2.24) is 4.31 Å². The molecule has 2 aliphatic rings. The second-order valence-corrected chi connectivity index (χ2v) is 8.99. The standard InChI is InChI=1S/C20H24N2O3S/c1-25-19-8-9-20(17-7-6-16(21)12-18(17)19)26(23,24)22-11-10-14-4-2-3-5-15(14)13-22/h2-5,8-9,16H,6-7,10-13,21H2,1H3. The summed E-state index contributed by atoms with van der Waals surface area (Å²) in [6.45, 7) is 0.943. The summed E-state index contributed by atoms with van der Waals surface area (Å²) in [6.07, 6.45) is 2.88. The van der Waals surface area contributed by atoms with Gasteiger partial charge in [-0.2, -0.15) is 4.31 Å². The van der Waals surface area contributed by atoms with Gasteiger partial charge >= 0.3 is 0 Å². The van der Waals surface area contributed by atoms with Gasteiger partial charge in [0.05, 0.1) is 12.0 Å². The molecule has 138 valence electrons. The van der Waals surface area contributed by atoms with Gasteiger partial charge in [0.25, 0.3) is 0 Å². The normalized spacial score (nSPS) is 20.3. The van der Waals surface area contributed by atoms with Crippen molar-refractivity contribution in [3.05, 3.63) is 58.7 Å². The largest absolute Gasteiger partial charge is 0.496 e. The van der Waals surface area contributed by atoms with Gasteiger partial charge in [-0.05, 0) is 54.5 Å². The zero-order valence-corrected chi connectivity index (χ0v) is 15.8. The van der Waals surface area contributed by atoms with E-state index in [-0.39, 0.29) is 6.04 Å². The molecule has 0 amide bonds. The Kier molecular flexibility index (Phi) is 4.50. The maximum atomic E-state index is 13.4. The van der Waals surface area contributed by atoms with E-state index in [2.05, 4.69) is 6.07 Å². The number of ether oxygens (including phenoxy) is 1. The lowest BCUT2D eigenvalue weighted by Gasteiger charge is -2.31.